The lowest BCUT2D eigenvalue weighted by Gasteiger charge is -2.09. The SMILES string of the molecule is Cc1nccnc1Oc1cccc(F)c1C(=O)O. The molecule has 0 atom stereocenters. The summed E-state index contributed by atoms with van der Waals surface area (Å²) in [5.41, 5.74) is -0.0411. The molecule has 0 aliphatic heterocycles. The van der Waals surface area contributed by atoms with Crippen LogP contribution in [-0.4, -0.2) is 21.0 Å². The van der Waals surface area contributed by atoms with Gasteiger partial charge in [-0.2, -0.15) is 0 Å². The van der Waals surface area contributed by atoms with Crippen LogP contribution in [0, 0.1) is 12.7 Å². The first kappa shape index (κ1) is 12.0. The first-order valence-electron chi connectivity index (χ1n) is 5.07. The van der Waals surface area contributed by atoms with Gasteiger partial charge in [-0.15, -0.1) is 0 Å². The molecule has 2 rings (SSSR count). The average Bonchev–Trinajstić information content (AvgIpc) is 2.31. The molecule has 2 aromatic rings. The molecule has 0 bridgehead atoms. The van der Waals surface area contributed by atoms with Gasteiger partial charge in [0.15, 0.2) is 0 Å². The predicted molar refractivity (Wildman–Crippen MR) is 60.2 cm³/mol. The highest BCUT2D eigenvalue weighted by molar-refractivity contribution is 5.91. The van der Waals surface area contributed by atoms with E-state index in [2.05, 4.69) is 9.97 Å². The minimum atomic E-state index is -1.40. The maximum atomic E-state index is 13.4. The van der Waals surface area contributed by atoms with Crippen molar-refractivity contribution >= 4 is 5.97 Å². The number of carbonyl (C=O) groups is 1. The first-order valence-corrected chi connectivity index (χ1v) is 5.07. The van der Waals surface area contributed by atoms with E-state index in [0.29, 0.717) is 5.69 Å². The van der Waals surface area contributed by atoms with Gasteiger partial charge >= 0.3 is 5.97 Å². The summed E-state index contributed by atoms with van der Waals surface area (Å²) in [7, 11) is 0. The molecule has 18 heavy (non-hydrogen) atoms. The van der Waals surface area contributed by atoms with Gasteiger partial charge < -0.3 is 9.84 Å². The van der Waals surface area contributed by atoms with Crippen LogP contribution >= 0.6 is 0 Å². The monoisotopic (exact) mass is 248 g/mol. The fourth-order valence-corrected chi connectivity index (χ4v) is 1.40. The number of halogens is 1. The van der Waals surface area contributed by atoms with Crippen LogP contribution in [0.25, 0.3) is 0 Å². The van der Waals surface area contributed by atoms with Crippen molar-refractivity contribution in [3.05, 3.63) is 47.7 Å². The second-order valence-corrected chi connectivity index (χ2v) is 3.47. The van der Waals surface area contributed by atoms with Gasteiger partial charge in [-0.25, -0.2) is 14.2 Å². The molecule has 1 heterocycles. The fourth-order valence-electron chi connectivity index (χ4n) is 1.40. The number of aryl methyl sites for hydroxylation is 1. The molecule has 1 aromatic heterocycles. The lowest BCUT2D eigenvalue weighted by atomic mass is 10.2. The summed E-state index contributed by atoms with van der Waals surface area (Å²) in [6, 6.07) is 3.78. The summed E-state index contributed by atoms with van der Waals surface area (Å²) < 4.78 is 18.7. The summed E-state index contributed by atoms with van der Waals surface area (Å²) in [4.78, 5) is 18.8. The van der Waals surface area contributed by atoms with E-state index in [9.17, 15) is 9.18 Å². The van der Waals surface area contributed by atoms with Crippen molar-refractivity contribution in [3.8, 4) is 11.6 Å². The van der Waals surface area contributed by atoms with Crippen LogP contribution < -0.4 is 4.74 Å². The van der Waals surface area contributed by atoms with Crippen LogP contribution in [0.15, 0.2) is 30.6 Å². The Bertz CT molecular complexity index is 602. The number of rotatable bonds is 3. The van der Waals surface area contributed by atoms with Gasteiger partial charge in [-0.1, -0.05) is 6.07 Å². The topological polar surface area (TPSA) is 72.3 Å². The molecule has 0 saturated heterocycles. The Kier molecular flexibility index (Phi) is 3.18. The number of nitrogens with zero attached hydrogens (tertiary/aromatic N) is 2. The summed E-state index contributed by atoms with van der Waals surface area (Å²) in [5.74, 6) is -2.22. The van der Waals surface area contributed by atoms with Gasteiger partial charge in [0, 0.05) is 12.4 Å². The first-order chi connectivity index (χ1) is 8.59. The zero-order valence-corrected chi connectivity index (χ0v) is 9.42. The maximum Gasteiger partial charge on any atom is 0.342 e. The lowest BCUT2D eigenvalue weighted by molar-refractivity contribution is 0.0689. The quantitative estimate of drug-likeness (QED) is 0.902. The zero-order chi connectivity index (χ0) is 13.1. The van der Waals surface area contributed by atoms with Gasteiger partial charge in [0.25, 0.3) is 0 Å². The van der Waals surface area contributed by atoms with E-state index in [1.807, 2.05) is 0 Å². The molecule has 0 aliphatic rings. The number of carboxylic acids is 1. The molecule has 0 spiro atoms. The standard InChI is InChI=1S/C12H9FN2O3/c1-7-11(15-6-5-14-7)18-9-4-2-3-8(13)10(9)12(16)17/h2-6H,1H3,(H,16,17). The molecule has 0 amide bonds. The van der Waals surface area contributed by atoms with Gasteiger partial charge in [0.1, 0.15) is 17.1 Å². The lowest BCUT2D eigenvalue weighted by Crippen LogP contribution is -2.04. The fraction of sp³-hybridized carbons (Fsp3) is 0.0833. The third-order valence-corrected chi connectivity index (χ3v) is 2.23. The molecule has 0 saturated carbocycles. The molecule has 0 radical (unpaired) electrons. The smallest absolute Gasteiger partial charge is 0.342 e. The van der Waals surface area contributed by atoms with E-state index in [1.165, 1.54) is 24.5 Å². The van der Waals surface area contributed by atoms with Crippen molar-refractivity contribution in [3.63, 3.8) is 0 Å². The molecular weight excluding hydrogens is 239 g/mol. The molecule has 1 aromatic carbocycles. The molecule has 0 unspecified atom stereocenters. The second-order valence-electron chi connectivity index (χ2n) is 3.47. The third-order valence-electron chi connectivity index (χ3n) is 2.23. The van der Waals surface area contributed by atoms with E-state index in [4.69, 9.17) is 9.84 Å². The van der Waals surface area contributed by atoms with Crippen LogP contribution in [0.1, 0.15) is 16.1 Å². The Hall–Kier alpha value is -2.50. The number of hydrogen-bond acceptors (Lipinski definition) is 4. The molecule has 92 valence electrons. The highest BCUT2D eigenvalue weighted by Crippen LogP contribution is 2.27. The van der Waals surface area contributed by atoms with Crippen molar-refractivity contribution in [2.24, 2.45) is 0 Å². The number of aromatic nitrogens is 2. The van der Waals surface area contributed by atoms with E-state index in [1.54, 1.807) is 6.92 Å². The Balaban J connectivity index is 2.44. The van der Waals surface area contributed by atoms with Gasteiger partial charge in [0.05, 0.1) is 5.69 Å². The summed E-state index contributed by atoms with van der Waals surface area (Å²) in [5, 5.41) is 8.94. The number of ether oxygens (including phenoxy) is 1. The maximum absolute atomic E-state index is 13.4. The van der Waals surface area contributed by atoms with Gasteiger partial charge in [-0.3, -0.25) is 4.98 Å². The van der Waals surface area contributed by atoms with Crippen LogP contribution in [-0.2, 0) is 0 Å². The number of aromatic carboxylic acids is 1. The summed E-state index contributed by atoms with van der Waals surface area (Å²) in [6.45, 7) is 1.65. The van der Waals surface area contributed by atoms with Crippen LogP contribution in [0.4, 0.5) is 4.39 Å². The van der Waals surface area contributed by atoms with Gasteiger partial charge in [0.2, 0.25) is 5.88 Å². The summed E-state index contributed by atoms with van der Waals surface area (Å²) >= 11 is 0. The van der Waals surface area contributed by atoms with Crippen molar-refractivity contribution < 1.29 is 19.0 Å². The van der Waals surface area contributed by atoms with Crippen molar-refractivity contribution in [1.82, 2.24) is 9.97 Å². The second kappa shape index (κ2) is 4.79. The van der Waals surface area contributed by atoms with Crippen molar-refractivity contribution in [1.29, 1.82) is 0 Å². The van der Waals surface area contributed by atoms with E-state index in [0.717, 1.165) is 6.07 Å². The van der Waals surface area contributed by atoms with E-state index < -0.39 is 17.3 Å². The minimum absolute atomic E-state index is 0.105. The average molecular weight is 248 g/mol. The number of benzene rings is 1. The van der Waals surface area contributed by atoms with Crippen LogP contribution in [0.2, 0.25) is 0 Å². The molecule has 1 N–H and O–H groups in total. The van der Waals surface area contributed by atoms with Crippen LogP contribution in [0.5, 0.6) is 11.6 Å². The molecule has 6 heteroatoms. The largest absolute Gasteiger partial charge is 0.477 e. The Morgan fingerprint density at radius 1 is 1.33 bits per heavy atom. The minimum Gasteiger partial charge on any atom is -0.477 e. The number of carboxylic acid groups (broad SMARTS) is 1. The molecule has 0 aliphatic carbocycles. The van der Waals surface area contributed by atoms with E-state index >= 15 is 0 Å². The third kappa shape index (κ3) is 2.27. The van der Waals surface area contributed by atoms with Gasteiger partial charge in [-0.05, 0) is 19.1 Å². The van der Waals surface area contributed by atoms with Crippen molar-refractivity contribution in [2.75, 3.05) is 0 Å². The number of hydrogen-bond donors (Lipinski definition) is 1. The molecule has 5 nitrogen and oxygen atoms in total. The Labute approximate surface area is 102 Å². The summed E-state index contributed by atoms with van der Waals surface area (Å²) in [6.07, 6.45) is 2.88. The Morgan fingerprint density at radius 3 is 2.72 bits per heavy atom. The Morgan fingerprint density at radius 2 is 2.06 bits per heavy atom. The zero-order valence-electron chi connectivity index (χ0n) is 9.42. The molecular formula is C12H9FN2O3. The highest BCUT2D eigenvalue weighted by atomic mass is 19.1. The van der Waals surface area contributed by atoms with Crippen molar-refractivity contribution in [2.45, 2.75) is 6.92 Å². The predicted octanol–water partition coefficient (Wildman–Crippen LogP) is 2.41. The van der Waals surface area contributed by atoms with Crippen LogP contribution in [0.3, 0.4) is 0 Å². The molecule has 0 fully saturated rings. The highest BCUT2D eigenvalue weighted by Gasteiger charge is 2.18. The normalized spacial score (nSPS) is 10.1. The van der Waals surface area contributed by atoms with E-state index in [-0.39, 0.29) is 11.6 Å².